The second kappa shape index (κ2) is 7.06. The Bertz CT molecular complexity index is 1280. The molecule has 3 heterocycles. The average Bonchev–Trinajstić information content (AvgIpc) is 3.02. The van der Waals surface area contributed by atoms with Gasteiger partial charge in [-0.1, -0.05) is 6.58 Å². The van der Waals surface area contributed by atoms with Crippen molar-refractivity contribution in [3.8, 4) is 5.69 Å². The van der Waals surface area contributed by atoms with Crippen LogP contribution in [0.4, 0.5) is 5.69 Å². The standard InChI is InChI=1S/C24H23N3O3/c1-15-21(23(28)27(25-15)20-8-6-17(7-9-20)24(29)30)14-16-12-18-4-2-10-26-11-3-5-19(13-16)22(18)26/h6-9,12-14,25H,1-5,10-11H2,(H,29,30). The quantitative estimate of drug-likeness (QED) is 0.702. The number of aromatic carboxylic acids is 1. The van der Waals surface area contributed by atoms with Gasteiger partial charge in [0.25, 0.3) is 5.56 Å². The van der Waals surface area contributed by atoms with Gasteiger partial charge in [0.15, 0.2) is 0 Å². The molecule has 0 unspecified atom stereocenters. The first kappa shape index (κ1) is 18.5. The van der Waals surface area contributed by atoms with Gasteiger partial charge in [-0.15, -0.1) is 0 Å². The smallest absolute Gasteiger partial charge is 0.335 e. The predicted octanol–water partition coefficient (Wildman–Crippen LogP) is 1.80. The average molecular weight is 401 g/mol. The van der Waals surface area contributed by atoms with Gasteiger partial charge in [0.2, 0.25) is 0 Å². The summed E-state index contributed by atoms with van der Waals surface area (Å²) in [5.74, 6) is -0.998. The topological polar surface area (TPSA) is 78.3 Å². The van der Waals surface area contributed by atoms with E-state index in [1.807, 2.05) is 6.08 Å². The van der Waals surface area contributed by atoms with Crippen LogP contribution in [0.5, 0.6) is 0 Å². The number of nitrogens with one attached hydrogen (secondary N) is 1. The first-order valence-electron chi connectivity index (χ1n) is 10.3. The van der Waals surface area contributed by atoms with E-state index in [-0.39, 0.29) is 11.1 Å². The van der Waals surface area contributed by atoms with Gasteiger partial charge in [-0.3, -0.25) is 9.89 Å². The predicted molar refractivity (Wildman–Crippen MR) is 117 cm³/mol. The summed E-state index contributed by atoms with van der Waals surface area (Å²) in [5, 5.41) is 13.1. The number of hydrogen-bond acceptors (Lipinski definition) is 3. The maximum Gasteiger partial charge on any atom is 0.335 e. The molecule has 2 aliphatic heterocycles. The fourth-order valence-electron chi connectivity index (χ4n) is 4.66. The minimum Gasteiger partial charge on any atom is -0.478 e. The van der Waals surface area contributed by atoms with E-state index < -0.39 is 5.97 Å². The number of carbonyl (C=O) groups is 1. The van der Waals surface area contributed by atoms with Crippen molar-refractivity contribution in [1.29, 1.82) is 0 Å². The van der Waals surface area contributed by atoms with Crippen molar-refractivity contribution in [2.75, 3.05) is 18.0 Å². The Kier molecular flexibility index (Phi) is 4.35. The van der Waals surface area contributed by atoms with Crippen molar-refractivity contribution in [3.05, 3.63) is 79.6 Å². The SMILES string of the molecule is C=c1[nH]n(-c2ccc(C(=O)O)cc2)c(=O)c1=Cc1cc2c3c(c1)CCCN3CCC2. The number of anilines is 1. The molecule has 5 rings (SSSR count). The van der Waals surface area contributed by atoms with Gasteiger partial charge in [-0.05, 0) is 84.8 Å². The second-order valence-corrected chi connectivity index (χ2v) is 8.02. The maximum absolute atomic E-state index is 13.1. The Balaban J connectivity index is 1.60. The van der Waals surface area contributed by atoms with E-state index in [9.17, 15) is 9.59 Å². The van der Waals surface area contributed by atoms with Crippen molar-refractivity contribution < 1.29 is 9.90 Å². The van der Waals surface area contributed by atoms with Gasteiger partial charge < -0.3 is 10.0 Å². The highest BCUT2D eigenvalue weighted by Crippen LogP contribution is 2.36. The van der Waals surface area contributed by atoms with Crippen molar-refractivity contribution in [2.45, 2.75) is 25.7 Å². The molecule has 0 fully saturated rings. The van der Waals surface area contributed by atoms with Crippen molar-refractivity contribution in [3.63, 3.8) is 0 Å². The lowest BCUT2D eigenvalue weighted by Gasteiger charge is -2.37. The van der Waals surface area contributed by atoms with Gasteiger partial charge >= 0.3 is 5.97 Å². The number of H-pyrrole nitrogens is 1. The van der Waals surface area contributed by atoms with Crippen LogP contribution in [-0.2, 0) is 12.8 Å². The van der Waals surface area contributed by atoms with Crippen LogP contribution in [0.1, 0.15) is 39.9 Å². The van der Waals surface area contributed by atoms with Gasteiger partial charge in [-0.2, -0.15) is 0 Å². The molecule has 3 aromatic rings. The zero-order valence-electron chi connectivity index (χ0n) is 16.6. The second-order valence-electron chi connectivity index (χ2n) is 8.02. The number of benzene rings is 2. The molecule has 6 heteroatoms. The lowest BCUT2D eigenvalue weighted by Crippen LogP contribution is -2.35. The fraction of sp³-hybridized carbons (Fsp3) is 0.250. The van der Waals surface area contributed by atoms with Crippen LogP contribution in [0.3, 0.4) is 0 Å². The number of carboxylic acids is 1. The monoisotopic (exact) mass is 401 g/mol. The Morgan fingerprint density at radius 3 is 2.30 bits per heavy atom. The van der Waals surface area contributed by atoms with E-state index in [1.165, 1.54) is 46.5 Å². The highest BCUT2D eigenvalue weighted by molar-refractivity contribution is 5.87. The van der Waals surface area contributed by atoms with Crippen molar-refractivity contribution in [2.24, 2.45) is 0 Å². The summed E-state index contributed by atoms with van der Waals surface area (Å²) in [6, 6.07) is 10.6. The summed E-state index contributed by atoms with van der Waals surface area (Å²) in [7, 11) is 0. The van der Waals surface area contributed by atoms with Crippen LogP contribution in [0, 0.1) is 0 Å². The van der Waals surface area contributed by atoms with Gasteiger partial charge in [-0.25, -0.2) is 9.48 Å². The summed E-state index contributed by atoms with van der Waals surface area (Å²) in [4.78, 5) is 26.6. The van der Waals surface area contributed by atoms with Crippen LogP contribution < -0.4 is 21.0 Å². The molecule has 0 radical (unpaired) electrons. The highest BCUT2D eigenvalue weighted by Gasteiger charge is 2.23. The molecular weight excluding hydrogens is 378 g/mol. The summed E-state index contributed by atoms with van der Waals surface area (Å²) in [5.41, 5.74) is 5.73. The van der Waals surface area contributed by atoms with Crippen LogP contribution in [-0.4, -0.2) is 33.9 Å². The number of aromatic nitrogens is 2. The number of aryl methyl sites for hydroxylation is 2. The maximum atomic E-state index is 13.1. The molecule has 2 N–H and O–H groups in total. The first-order valence-corrected chi connectivity index (χ1v) is 10.3. The lowest BCUT2D eigenvalue weighted by atomic mass is 9.90. The van der Waals surface area contributed by atoms with E-state index >= 15 is 0 Å². The molecule has 2 aromatic carbocycles. The Morgan fingerprint density at radius 2 is 1.70 bits per heavy atom. The molecule has 2 aliphatic rings. The molecule has 0 bridgehead atoms. The molecule has 0 saturated heterocycles. The molecule has 30 heavy (non-hydrogen) atoms. The Morgan fingerprint density at radius 1 is 1.07 bits per heavy atom. The molecule has 0 spiro atoms. The van der Waals surface area contributed by atoms with Crippen molar-refractivity contribution >= 4 is 24.3 Å². The fourth-order valence-corrected chi connectivity index (χ4v) is 4.66. The lowest BCUT2D eigenvalue weighted by molar-refractivity contribution is 0.0697. The zero-order valence-corrected chi connectivity index (χ0v) is 16.6. The number of aromatic amines is 1. The molecule has 0 aliphatic carbocycles. The molecule has 0 amide bonds. The number of carboxylic acid groups (broad SMARTS) is 1. The summed E-state index contributed by atoms with van der Waals surface area (Å²) < 4.78 is 1.41. The minimum absolute atomic E-state index is 0.178. The molecular formula is C24H23N3O3. The van der Waals surface area contributed by atoms with Gasteiger partial charge in [0.1, 0.15) is 0 Å². The number of hydrogen-bond donors (Lipinski definition) is 2. The van der Waals surface area contributed by atoms with Crippen LogP contribution in [0.15, 0.2) is 41.2 Å². The Hall–Kier alpha value is -3.54. The number of nitrogens with zero attached hydrogens (tertiary/aromatic N) is 2. The molecule has 152 valence electrons. The van der Waals surface area contributed by atoms with E-state index in [2.05, 4.69) is 28.7 Å². The third kappa shape index (κ3) is 3.05. The van der Waals surface area contributed by atoms with E-state index in [0.717, 1.165) is 31.5 Å². The zero-order chi connectivity index (χ0) is 20.8. The first-order chi connectivity index (χ1) is 14.5. The van der Waals surface area contributed by atoms with Gasteiger partial charge in [0, 0.05) is 18.8 Å². The minimum atomic E-state index is -0.998. The van der Waals surface area contributed by atoms with E-state index in [1.54, 1.807) is 12.1 Å². The highest BCUT2D eigenvalue weighted by atomic mass is 16.4. The van der Waals surface area contributed by atoms with Crippen molar-refractivity contribution in [1.82, 2.24) is 9.78 Å². The summed E-state index contributed by atoms with van der Waals surface area (Å²) >= 11 is 0. The molecule has 0 saturated carbocycles. The summed E-state index contributed by atoms with van der Waals surface area (Å²) in [6.07, 6.45) is 6.39. The molecule has 0 atom stereocenters. The molecule has 6 nitrogen and oxygen atoms in total. The van der Waals surface area contributed by atoms with Crippen LogP contribution >= 0.6 is 0 Å². The van der Waals surface area contributed by atoms with E-state index in [0.29, 0.717) is 16.3 Å². The third-order valence-electron chi connectivity index (χ3n) is 6.04. The normalized spacial score (nSPS) is 15.9. The Labute approximate surface area is 173 Å². The summed E-state index contributed by atoms with van der Waals surface area (Å²) in [6.45, 7) is 6.28. The molecule has 1 aromatic heterocycles. The van der Waals surface area contributed by atoms with E-state index in [4.69, 9.17) is 5.11 Å². The largest absolute Gasteiger partial charge is 0.478 e. The van der Waals surface area contributed by atoms with Gasteiger partial charge in [0.05, 0.1) is 21.8 Å². The van der Waals surface area contributed by atoms with Crippen LogP contribution in [0.25, 0.3) is 18.3 Å². The number of rotatable bonds is 3. The third-order valence-corrected chi connectivity index (χ3v) is 6.04. The van der Waals surface area contributed by atoms with Crippen LogP contribution in [0.2, 0.25) is 0 Å².